The van der Waals surface area contributed by atoms with Crippen molar-refractivity contribution in [3.05, 3.63) is 83.4 Å². The summed E-state index contributed by atoms with van der Waals surface area (Å²) in [5.74, 6) is 0.294. The van der Waals surface area contributed by atoms with E-state index in [0.29, 0.717) is 24.5 Å². The summed E-state index contributed by atoms with van der Waals surface area (Å²) in [5.41, 5.74) is 2.52. The van der Waals surface area contributed by atoms with E-state index in [2.05, 4.69) is 0 Å². The summed E-state index contributed by atoms with van der Waals surface area (Å²) in [6, 6.07) is 16.7. The van der Waals surface area contributed by atoms with E-state index in [1.54, 1.807) is 60.7 Å². The molecule has 3 N–H and O–H groups in total. The summed E-state index contributed by atoms with van der Waals surface area (Å²) < 4.78 is 22.3. The number of benzene rings is 3. The molecule has 8 nitrogen and oxygen atoms in total. The maximum atomic E-state index is 12.5. The molecule has 194 valence electrons. The fourth-order valence-corrected chi connectivity index (χ4v) is 4.50. The minimum Gasteiger partial charge on any atom is -0.508 e. The topological polar surface area (TPSA) is 115 Å². The molecule has 0 amide bonds. The van der Waals surface area contributed by atoms with E-state index in [1.165, 1.54) is 20.3 Å². The number of carbonyl (C=O) groups is 1. The van der Waals surface area contributed by atoms with Crippen molar-refractivity contribution in [3.63, 3.8) is 0 Å². The predicted molar refractivity (Wildman–Crippen MR) is 137 cm³/mol. The normalized spacial score (nSPS) is 19.1. The standard InChI is InChI=1S/C29H30O8/c1-34-26-14-19(5-10-24(26)31)13-21-16-37-29(20-7-11-25(32)27(15-20)35-2)23(21)17-36-28(33)12-6-18-3-8-22(30)9-4-18/h3-12,14-15,21,23,29-32H,13,16-17H2,1-2H3/t21-,23+,29+/m0/s1. The van der Waals surface area contributed by atoms with Crippen molar-refractivity contribution in [2.24, 2.45) is 11.8 Å². The van der Waals surface area contributed by atoms with Crippen LogP contribution in [0.15, 0.2) is 66.7 Å². The molecule has 1 fully saturated rings. The Morgan fingerprint density at radius 1 is 0.946 bits per heavy atom. The molecule has 0 saturated carbocycles. The predicted octanol–water partition coefficient (Wildman–Crippen LogP) is 4.62. The quantitative estimate of drug-likeness (QED) is 0.284. The fourth-order valence-electron chi connectivity index (χ4n) is 4.50. The summed E-state index contributed by atoms with van der Waals surface area (Å²) in [4.78, 5) is 12.5. The number of aromatic hydroxyl groups is 3. The molecule has 1 heterocycles. The van der Waals surface area contributed by atoms with Crippen molar-refractivity contribution in [1.82, 2.24) is 0 Å². The summed E-state index contributed by atoms with van der Waals surface area (Å²) >= 11 is 0. The molecule has 0 aromatic heterocycles. The van der Waals surface area contributed by atoms with Gasteiger partial charge in [0.1, 0.15) is 5.75 Å². The van der Waals surface area contributed by atoms with Gasteiger partial charge in [0, 0.05) is 12.0 Å². The fraction of sp³-hybridized carbons (Fsp3) is 0.276. The Morgan fingerprint density at radius 3 is 2.32 bits per heavy atom. The highest BCUT2D eigenvalue weighted by Crippen LogP contribution is 2.43. The van der Waals surface area contributed by atoms with Gasteiger partial charge in [0.2, 0.25) is 0 Å². The first-order valence-corrected chi connectivity index (χ1v) is 11.9. The Bertz CT molecular complexity index is 1250. The number of rotatable bonds is 9. The molecule has 3 atom stereocenters. The number of hydrogen-bond donors (Lipinski definition) is 3. The van der Waals surface area contributed by atoms with Gasteiger partial charge in [0.15, 0.2) is 23.0 Å². The van der Waals surface area contributed by atoms with Gasteiger partial charge in [-0.3, -0.25) is 0 Å². The van der Waals surface area contributed by atoms with E-state index >= 15 is 0 Å². The molecular formula is C29H30O8. The van der Waals surface area contributed by atoms with Gasteiger partial charge < -0.3 is 34.3 Å². The van der Waals surface area contributed by atoms with Crippen molar-refractivity contribution >= 4 is 12.0 Å². The summed E-state index contributed by atoms with van der Waals surface area (Å²) in [6.07, 6.45) is 3.21. The highest BCUT2D eigenvalue weighted by atomic mass is 16.5. The Balaban J connectivity index is 1.52. The molecule has 0 radical (unpaired) electrons. The zero-order valence-electron chi connectivity index (χ0n) is 20.7. The number of methoxy groups -OCH3 is 2. The average molecular weight is 507 g/mol. The van der Waals surface area contributed by atoms with E-state index in [1.807, 2.05) is 6.07 Å². The molecule has 0 unspecified atom stereocenters. The molecule has 37 heavy (non-hydrogen) atoms. The van der Waals surface area contributed by atoms with Crippen LogP contribution in [0.4, 0.5) is 0 Å². The minimum atomic E-state index is -0.493. The first-order valence-electron chi connectivity index (χ1n) is 11.9. The molecule has 3 aromatic rings. The van der Waals surface area contributed by atoms with Crippen LogP contribution in [0.2, 0.25) is 0 Å². The van der Waals surface area contributed by atoms with Gasteiger partial charge in [-0.1, -0.05) is 24.3 Å². The van der Waals surface area contributed by atoms with Gasteiger partial charge >= 0.3 is 5.97 Å². The molecule has 1 aliphatic heterocycles. The highest BCUT2D eigenvalue weighted by Gasteiger charge is 2.39. The van der Waals surface area contributed by atoms with E-state index in [0.717, 1.165) is 16.7 Å². The number of hydrogen-bond acceptors (Lipinski definition) is 8. The minimum absolute atomic E-state index is 0.00734. The lowest BCUT2D eigenvalue weighted by molar-refractivity contribution is -0.139. The first kappa shape index (κ1) is 25.9. The molecule has 0 aliphatic carbocycles. The van der Waals surface area contributed by atoms with E-state index in [4.69, 9.17) is 18.9 Å². The molecule has 3 aromatic carbocycles. The second kappa shape index (κ2) is 11.7. The average Bonchev–Trinajstić information content (AvgIpc) is 3.30. The Kier molecular flexibility index (Phi) is 8.20. The first-order chi connectivity index (χ1) is 17.9. The van der Waals surface area contributed by atoms with Gasteiger partial charge in [0.25, 0.3) is 0 Å². The van der Waals surface area contributed by atoms with Crippen LogP contribution in [-0.4, -0.2) is 48.7 Å². The second-order valence-electron chi connectivity index (χ2n) is 8.87. The lowest BCUT2D eigenvalue weighted by Gasteiger charge is -2.23. The van der Waals surface area contributed by atoms with Crippen molar-refractivity contribution in [1.29, 1.82) is 0 Å². The van der Waals surface area contributed by atoms with Crippen molar-refractivity contribution in [2.45, 2.75) is 12.5 Å². The van der Waals surface area contributed by atoms with Crippen LogP contribution >= 0.6 is 0 Å². The SMILES string of the molecule is COc1cc(C[C@H]2CO[C@H](c3ccc(O)c(OC)c3)[C@@H]2COC(=O)C=Cc2ccc(O)cc2)ccc1O. The van der Waals surface area contributed by atoms with E-state index in [9.17, 15) is 20.1 Å². The van der Waals surface area contributed by atoms with Crippen molar-refractivity contribution in [3.8, 4) is 28.7 Å². The number of phenols is 3. The van der Waals surface area contributed by atoms with Crippen LogP contribution in [0.25, 0.3) is 6.08 Å². The number of ether oxygens (including phenoxy) is 4. The Labute approximate surface area is 215 Å². The van der Waals surface area contributed by atoms with Crippen LogP contribution in [0.3, 0.4) is 0 Å². The molecule has 4 rings (SSSR count). The summed E-state index contributed by atoms with van der Waals surface area (Å²) in [6.45, 7) is 0.551. The van der Waals surface area contributed by atoms with Gasteiger partial charge in [-0.2, -0.15) is 0 Å². The zero-order chi connectivity index (χ0) is 26.4. The van der Waals surface area contributed by atoms with Crippen molar-refractivity contribution < 1.29 is 39.1 Å². The lowest BCUT2D eigenvalue weighted by atomic mass is 9.84. The van der Waals surface area contributed by atoms with E-state index in [-0.39, 0.29) is 41.8 Å². The highest BCUT2D eigenvalue weighted by molar-refractivity contribution is 5.87. The van der Waals surface area contributed by atoms with Crippen LogP contribution in [0.1, 0.15) is 22.8 Å². The smallest absolute Gasteiger partial charge is 0.330 e. The molecule has 0 bridgehead atoms. The molecule has 1 saturated heterocycles. The maximum absolute atomic E-state index is 12.5. The van der Waals surface area contributed by atoms with Crippen LogP contribution in [-0.2, 0) is 20.7 Å². The summed E-state index contributed by atoms with van der Waals surface area (Å²) in [5, 5.41) is 29.4. The third-order valence-electron chi connectivity index (χ3n) is 6.48. The van der Waals surface area contributed by atoms with Gasteiger partial charge in [-0.15, -0.1) is 0 Å². The summed E-state index contributed by atoms with van der Waals surface area (Å²) in [7, 11) is 2.98. The maximum Gasteiger partial charge on any atom is 0.330 e. The van der Waals surface area contributed by atoms with Crippen LogP contribution < -0.4 is 9.47 Å². The zero-order valence-corrected chi connectivity index (χ0v) is 20.7. The monoisotopic (exact) mass is 506 g/mol. The Hall–Kier alpha value is -4.17. The largest absolute Gasteiger partial charge is 0.508 e. The van der Waals surface area contributed by atoms with Crippen molar-refractivity contribution in [2.75, 3.05) is 27.4 Å². The molecular weight excluding hydrogens is 476 g/mol. The van der Waals surface area contributed by atoms with Gasteiger partial charge in [-0.25, -0.2) is 4.79 Å². The van der Waals surface area contributed by atoms with Crippen LogP contribution in [0.5, 0.6) is 28.7 Å². The third kappa shape index (κ3) is 6.34. The molecule has 0 spiro atoms. The van der Waals surface area contributed by atoms with Gasteiger partial charge in [-0.05, 0) is 71.5 Å². The number of esters is 1. The Morgan fingerprint density at radius 2 is 1.62 bits per heavy atom. The van der Waals surface area contributed by atoms with E-state index < -0.39 is 5.97 Å². The second-order valence-corrected chi connectivity index (χ2v) is 8.87. The van der Waals surface area contributed by atoms with Gasteiger partial charge in [0.05, 0.1) is 33.5 Å². The molecule has 8 heteroatoms. The number of carbonyl (C=O) groups excluding carboxylic acids is 1. The third-order valence-corrected chi connectivity index (χ3v) is 6.48. The lowest BCUT2D eigenvalue weighted by Crippen LogP contribution is -2.24. The van der Waals surface area contributed by atoms with Crippen LogP contribution in [0, 0.1) is 11.8 Å². The molecule has 1 aliphatic rings. The number of phenolic OH excluding ortho intramolecular Hbond substituents is 3.